The number of phenols is 1. The molecule has 1 N–H and O–H groups in total. The number of Topliss-reactive ketones (excluding diaryl/α,β-unsaturated/α-hetero) is 1. The van der Waals surface area contributed by atoms with Gasteiger partial charge in [-0.05, 0) is 54.8 Å². The zero-order valence-electron chi connectivity index (χ0n) is 16.8. The van der Waals surface area contributed by atoms with Crippen LogP contribution in [0.3, 0.4) is 0 Å². The summed E-state index contributed by atoms with van der Waals surface area (Å²) in [6.07, 6.45) is 0.657. The Hall–Kier alpha value is -2.64. The molecule has 0 saturated carbocycles. The minimum atomic E-state index is -0.235. The minimum absolute atomic E-state index is 0.0783. The molecule has 0 amide bonds. The zero-order valence-corrected chi connectivity index (χ0v) is 17.6. The standard InChI is InChI=1S/C23H24FNO4S/c1-15(26)23-22(20-7-2-17(27)12-21(20)30-23)29-19-5-3-18(4-6-19)28-11-10-25-13-16(14-25)8-9-24/h2-7,12,16,27H,8-11,13-14H2,1H3. The molecule has 30 heavy (non-hydrogen) atoms. The first-order valence-corrected chi connectivity index (χ1v) is 10.8. The summed E-state index contributed by atoms with van der Waals surface area (Å²) in [5, 5.41) is 10.5. The fraction of sp³-hybridized carbons (Fsp3) is 0.348. The average Bonchev–Trinajstić information content (AvgIpc) is 3.05. The molecule has 0 spiro atoms. The summed E-state index contributed by atoms with van der Waals surface area (Å²) in [7, 11) is 0. The average molecular weight is 430 g/mol. The number of thiophene rings is 1. The third-order valence-electron chi connectivity index (χ3n) is 5.22. The lowest BCUT2D eigenvalue weighted by atomic mass is 9.97. The van der Waals surface area contributed by atoms with E-state index >= 15 is 0 Å². The molecular formula is C23H24FNO4S. The molecule has 0 radical (unpaired) electrons. The lowest BCUT2D eigenvalue weighted by Gasteiger charge is -2.38. The Morgan fingerprint density at radius 1 is 1.20 bits per heavy atom. The van der Waals surface area contributed by atoms with Crippen LogP contribution in [-0.2, 0) is 0 Å². The number of carbonyl (C=O) groups excluding carboxylic acids is 1. The molecule has 1 saturated heterocycles. The first-order chi connectivity index (χ1) is 14.5. The highest BCUT2D eigenvalue weighted by molar-refractivity contribution is 7.21. The van der Waals surface area contributed by atoms with Crippen LogP contribution in [0.5, 0.6) is 23.0 Å². The lowest BCUT2D eigenvalue weighted by molar-refractivity contribution is 0.0734. The van der Waals surface area contributed by atoms with Crippen molar-refractivity contribution in [2.24, 2.45) is 5.92 Å². The fourth-order valence-electron chi connectivity index (χ4n) is 3.61. The summed E-state index contributed by atoms with van der Waals surface area (Å²) >= 11 is 1.31. The van der Waals surface area contributed by atoms with E-state index in [9.17, 15) is 14.3 Å². The maximum absolute atomic E-state index is 12.3. The normalized spacial score (nSPS) is 14.6. The van der Waals surface area contributed by atoms with Crippen molar-refractivity contribution in [3.05, 3.63) is 47.3 Å². The molecule has 5 nitrogen and oxygen atoms in total. The highest BCUT2D eigenvalue weighted by Crippen LogP contribution is 2.42. The smallest absolute Gasteiger partial charge is 0.173 e. The number of hydrogen-bond acceptors (Lipinski definition) is 6. The molecule has 1 fully saturated rings. The molecule has 7 heteroatoms. The quantitative estimate of drug-likeness (QED) is 0.470. The SMILES string of the molecule is CC(=O)c1sc2cc(O)ccc2c1Oc1ccc(OCCN2CC(CCF)C2)cc1. The second-order valence-electron chi connectivity index (χ2n) is 7.52. The predicted octanol–water partition coefficient (Wildman–Crippen LogP) is 5.27. The van der Waals surface area contributed by atoms with Crippen molar-refractivity contribution in [1.29, 1.82) is 0 Å². The number of nitrogens with zero attached hydrogens (tertiary/aromatic N) is 1. The Morgan fingerprint density at radius 3 is 2.63 bits per heavy atom. The van der Waals surface area contributed by atoms with E-state index < -0.39 is 0 Å². The Morgan fingerprint density at radius 2 is 1.93 bits per heavy atom. The van der Waals surface area contributed by atoms with Gasteiger partial charge in [-0.15, -0.1) is 11.3 Å². The molecule has 2 heterocycles. The molecule has 1 aromatic heterocycles. The van der Waals surface area contributed by atoms with Crippen LogP contribution in [0.2, 0.25) is 0 Å². The maximum Gasteiger partial charge on any atom is 0.173 e. The number of ether oxygens (including phenoxy) is 2. The van der Waals surface area contributed by atoms with Gasteiger partial charge in [-0.1, -0.05) is 0 Å². The molecule has 158 valence electrons. The summed E-state index contributed by atoms with van der Waals surface area (Å²) in [6, 6.07) is 12.3. The number of halogens is 1. The van der Waals surface area contributed by atoms with Crippen LogP contribution in [0.1, 0.15) is 23.0 Å². The van der Waals surface area contributed by atoms with E-state index in [0.29, 0.717) is 35.3 Å². The van der Waals surface area contributed by atoms with E-state index in [0.717, 1.165) is 35.5 Å². The molecule has 0 aliphatic carbocycles. The second-order valence-corrected chi connectivity index (χ2v) is 8.57. The maximum atomic E-state index is 12.3. The first kappa shape index (κ1) is 20.6. The van der Waals surface area contributed by atoms with Gasteiger partial charge in [0.2, 0.25) is 0 Å². The van der Waals surface area contributed by atoms with Crippen LogP contribution in [0.25, 0.3) is 10.1 Å². The molecule has 2 aromatic carbocycles. The van der Waals surface area contributed by atoms with Crippen molar-refractivity contribution in [3.63, 3.8) is 0 Å². The van der Waals surface area contributed by atoms with Gasteiger partial charge in [0.15, 0.2) is 11.5 Å². The van der Waals surface area contributed by atoms with Crippen molar-refractivity contribution in [2.75, 3.05) is 32.9 Å². The van der Waals surface area contributed by atoms with E-state index in [1.54, 1.807) is 18.2 Å². The first-order valence-electron chi connectivity index (χ1n) is 9.99. The van der Waals surface area contributed by atoms with Gasteiger partial charge in [0, 0.05) is 36.6 Å². The molecule has 1 aliphatic rings. The highest BCUT2D eigenvalue weighted by Gasteiger charge is 2.25. The van der Waals surface area contributed by atoms with Gasteiger partial charge in [0.05, 0.1) is 6.67 Å². The largest absolute Gasteiger partial charge is 0.508 e. The van der Waals surface area contributed by atoms with Gasteiger partial charge in [0.1, 0.15) is 28.7 Å². The van der Waals surface area contributed by atoms with Crippen molar-refractivity contribution >= 4 is 27.2 Å². The zero-order chi connectivity index (χ0) is 21.1. The van der Waals surface area contributed by atoms with Gasteiger partial charge in [-0.25, -0.2) is 0 Å². The third-order valence-corrected chi connectivity index (χ3v) is 6.45. The summed E-state index contributed by atoms with van der Waals surface area (Å²) in [5.74, 6) is 2.43. The number of likely N-dealkylation sites (tertiary alicyclic amines) is 1. The minimum Gasteiger partial charge on any atom is -0.508 e. The van der Waals surface area contributed by atoms with Gasteiger partial charge < -0.3 is 14.6 Å². The Balaban J connectivity index is 1.37. The number of hydrogen-bond donors (Lipinski definition) is 1. The topological polar surface area (TPSA) is 59.0 Å². The van der Waals surface area contributed by atoms with Crippen LogP contribution in [0.4, 0.5) is 4.39 Å². The number of aromatic hydroxyl groups is 1. The van der Waals surface area contributed by atoms with Gasteiger partial charge in [0.25, 0.3) is 0 Å². The van der Waals surface area contributed by atoms with E-state index in [1.807, 2.05) is 24.3 Å². The van der Waals surface area contributed by atoms with Crippen LogP contribution >= 0.6 is 11.3 Å². The monoisotopic (exact) mass is 429 g/mol. The molecule has 0 unspecified atom stereocenters. The molecule has 0 bridgehead atoms. The molecular weight excluding hydrogens is 405 g/mol. The van der Waals surface area contributed by atoms with Crippen molar-refractivity contribution in [1.82, 2.24) is 4.90 Å². The van der Waals surface area contributed by atoms with E-state index in [2.05, 4.69) is 4.90 Å². The van der Waals surface area contributed by atoms with E-state index in [1.165, 1.54) is 18.3 Å². The van der Waals surface area contributed by atoms with Crippen LogP contribution in [0.15, 0.2) is 42.5 Å². The summed E-state index contributed by atoms with van der Waals surface area (Å²) < 4.78 is 24.9. The molecule has 1 aliphatic heterocycles. The second kappa shape index (κ2) is 9.02. The lowest BCUT2D eigenvalue weighted by Crippen LogP contribution is -2.48. The van der Waals surface area contributed by atoms with Gasteiger partial charge in [-0.2, -0.15) is 0 Å². The summed E-state index contributed by atoms with van der Waals surface area (Å²) in [5.41, 5.74) is 0. The molecule has 0 atom stereocenters. The van der Waals surface area contributed by atoms with Crippen LogP contribution in [0, 0.1) is 5.92 Å². The third kappa shape index (κ3) is 4.57. The van der Waals surface area contributed by atoms with Crippen LogP contribution in [-0.4, -0.2) is 48.7 Å². The number of benzene rings is 2. The Kier molecular flexibility index (Phi) is 6.20. The van der Waals surface area contributed by atoms with E-state index in [-0.39, 0.29) is 18.2 Å². The van der Waals surface area contributed by atoms with Crippen molar-refractivity contribution in [2.45, 2.75) is 13.3 Å². The summed E-state index contributed by atoms with van der Waals surface area (Å²) in [6.45, 7) is 4.58. The van der Waals surface area contributed by atoms with Crippen LogP contribution < -0.4 is 9.47 Å². The predicted molar refractivity (Wildman–Crippen MR) is 116 cm³/mol. The molecule has 4 rings (SSSR count). The number of rotatable bonds is 9. The fourth-order valence-corrected chi connectivity index (χ4v) is 4.66. The number of alkyl halides is 1. The summed E-state index contributed by atoms with van der Waals surface area (Å²) in [4.78, 5) is 14.8. The van der Waals surface area contributed by atoms with Gasteiger partial charge >= 0.3 is 0 Å². The Labute approximate surface area is 178 Å². The Bertz CT molecular complexity index is 1030. The number of phenolic OH excluding ortho intramolecular Hbond substituents is 1. The van der Waals surface area contributed by atoms with Crippen molar-refractivity contribution in [3.8, 4) is 23.0 Å². The molecule has 3 aromatic rings. The van der Waals surface area contributed by atoms with E-state index in [4.69, 9.17) is 9.47 Å². The highest BCUT2D eigenvalue weighted by atomic mass is 32.1. The number of carbonyl (C=O) groups is 1. The number of fused-ring (bicyclic) bond motifs is 1. The number of ketones is 1. The van der Waals surface area contributed by atoms with Crippen molar-refractivity contribution < 1.29 is 23.8 Å². The van der Waals surface area contributed by atoms with Gasteiger partial charge in [-0.3, -0.25) is 14.1 Å².